The quantitative estimate of drug-likeness (QED) is 0.603. The lowest BCUT2D eigenvalue weighted by molar-refractivity contribution is 0.0928. The average molecular weight is 416 g/mol. The topological polar surface area (TPSA) is 90.5 Å². The van der Waals surface area contributed by atoms with Crippen molar-refractivity contribution in [1.82, 2.24) is 10.6 Å². The van der Waals surface area contributed by atoms with Gasteiger partial charge >= 0.3 is 0 Å². The van der Waals surface area contributed by atoms with Crippen molar-refractivity contribution in [1.29, 1.82) is 0 Å². The normalized spacial score (nSPS) is 18.8. The molecule has 0 radical (unpaired) electrons. The zero-order valence-corrected chi connectivity index (χ0v) is 16.1. The maximum atomic E-state index is 12.4. The van der Waals surface area contributed by atoms with Gasteiger partial charge in [0, 0.05) is 25.6 Å². The summed E-state index contributed by atoms with van der Waals surface area (Å²) in [5.74, 6) is -0.656. The molecule has 9 heteroatoms. The van der Waals surface area contributed by atoms with Crippen LogP contribution in [0.3, 0.4) is 0 Å². The SMILES string of the molecule is Cl.O=C(Nc1sccc1C(=O)NCC1CNCC1O)c1ccccc1Cl. The van der Waals surface area contributed by atoms with Crippen LogP contribution in [-0.2, 0) is 0 Å². The van der Waals surface area contributed by atoms with E-state index in [2.05, 4.69) is 16.0 Å². The van der Waals surface area contributed by atoms with E-state index in [9.17, 15) is 14.7 Å². The summed E-state index contributed by atoms with van der Waals surface area (Å²) < 4.78 is 0. The van der Waals surface area contributed by atoms with Gasteiger partial charge in [-0.2, -0.15) is 0 Å². The van der Waals surface area contributed by atoms with E-state index in [-0.39, 0.29) is 30.1 Å². The van der Waals surface area contributed by atoms with Crippen molar-refractivity contribution in [3.05, 3.63) is 51.9 Å². The Hall–Kier alpha value is -1.64. The number of amides is 2. The third-order valence-corrected chi connectivity index (χ3v) is 5.24. The first-order chi connectivity index (χ1) is 12.1. The van der Waals surface area contributed by atoms with Crippen LogP contribution in [0.15, 0.2) is 35.7 Å². The Kier molecular flexibility index (Phi) is 7.43. The van der Waals surface area contributed by atoms with Gasteiger partial charge in [-0.25, -0.2) is 0 Å². The number of hydrogen-bond donors (Lipinski definition) is 4. The number of halogens is 2. The first kappa shape index (κ1) is 20.7. The van der Waals surface area contributed by atoms with Gasteiger partial charge < -0.3 is 21.1 Å². The largest absolute Gasteiger partial charge is 0.391 e. The van der Waals surface area contributed by atoms with Crippen LogP contribution < -0.4 is 16.0 Å². The molecule has 0 spiro atoms. The van der Waals surface area contributed by atoms with E-state index in [1.165, 1.54) is 11.3 Å². The van der Waals surface area contributed by atoms with Gasteiger partial charge in [-0.15, -0.1) is 23.7 Å². The number of β-amino-alcohol motifs (C(OH)–C–C–N with tert-alkyl or cyclic N) is 1. The molecule has 2 heterocycles. The lowest BCUT2D eigenvalue weighted by Crippen LogP contribution is -2.34. The number of benzene rings is 1. The van der Waals surface area contributed by atoms with E-state index in [0.717, 1.165) is 0 Å². The minimum Gasteiger partial charge on any atom is -0.391 e. The molecular weight excluding hydrogens is 397 g/mol. The van der Waals surface area contributed by atoms with Crippen LogP contribution in [0.2, 0.25) is 5.02 Å². The van der Waals surface area contributed by atoms with Crippen molar-refractivity contribution in [3.63, 3.8) is 0 Å². The van der Waals surface area contributed by atoms with Gasteiger partial charge in [0.2, 0.25) is 0 Å². The molecular formula is C17H19Cl2N3O3S. The summed E-state index contributed by atoms with van der Waals surface area (Å²) in [5, 5.41) is 21.0. The van der Waals surface area contributed by atoms with Gasteiger partial charge in [-0.3, -0.25) is 9.59 Å². The van der Waals surface area contributed by atoms with E-state index < -0.39 is 6.10 Å². The zero-order valence-electron chi connectivity index (χ0n) is 13.7. The van der Waals surface area contributed by atoms with E-state index in [4.69, 9.17) is 11.6 Å². The van der Waals surface area contributed by atoms with Crippen LogP contribution in [0.4, 0.5) is 5.00 Å². The van der Waals surface area contributed by atoms with Crippen molar-refractivity contribution in [3.8, 4) is 0 Å². The molecule has 1 aromatic heterocycles. The first-order valence-electron chi connectivity index (χ1n) is 7.86. The van der Waals surface area contributed by atoms with Crippen LogP contribution in [0.25, 0.3) is 0 Å². The number of aliphatic hydroxyl groups is 1. The van der Waals surface area contributed by atoms with Crippen molar-refractivity contribution in [2.45, 2.75) is 6.10 Å². The second-order valence-electron chi connectivity index (χ2n) is 5.79. The highest BCUT2D eigenvalue weighted by Gasteiger charge is 2.26. The molecule has 3 rings (SSSR count). The molecule has 0 aliphatic carbocycles. The summed E-state index contributed by atoms with van der Waals surface area (Å²) in [4.78, 5) is 24.7. The number of nitrogens with one attached hydrogen (secondary N) is 3. The van der Waals surface area contributed by atoms with Crippen molar-refractivity contribution < 1.29 is 14.7 Å². The number of anilines is 1. The molecule has 0 saturated carbocycles. The van der Waals surface area contributed by atoms with Gasteiger partial charge in [0.15, 0.2) is 0 Å². The number of thiophene rings is 1. The van der Waals surface area contributed by atoms with Crippen LogP contribution in [0.5, 0.6) is 0 Å². The van der Waals surface area contributed by atoms with Gasteiger partial charge in [-0.05, 0) is 23.6 Å². The molecule has 1 aromatic carbocycles. The summed E-state index contributed by atoms with van der Waals surface area (Å²) in [7, 11) is 0. The fourth-order valence-electron chi connectivity index (χ4n) is 2.65. The summed E-state index contributed by atoms with van der Waals surface area (Å²) in [6, 6.07) is 8.39. The third kappa shape index (κ3) is 4.75. The van der Waals surface area contributed by atoms with E-state index in [1.54, 1.807) is 35.7 Å². The molecule has 2 aromatic rings. The summed E-state index contributed by atoms with van der Waals surface area (Å²) in [6.45, 7) is 1.58. The minimum atomic E-state index is -0.456. The molecule has 1 aliphatic heterocycles. The number of aliphatic hydroxyl groups excluding tert-OH is 1. The molecule has 0 bridgehead atoms. The third-order valence-electron chi connectivity index (χ3n) is 4.08. The van der Waals surface area contributed by atoms with Gasteiger partial charge in [0.25, 0.3) is 11.8 Å². The zero-order chi connectivity index (χ0) is 17.8. The molecule has 1 aliphatic rings. The lowest BCUT2D eigenvalue weighted by atomic mass is 10.1. The highest BCUT2D eigenvalue weighted by molar-refractivity contribution is 7.14. The Balaban J connectivity index is 0.00000243. The first-order valence-corrected chi connectivity index (χ1v) is 9.12. The highest BCUT2D eigenvalue weighted by Crippen LogP contribution is 2.25. The number of hydrogen-bond acceptors (Lipinski definition) is 5. The average Bonchev–Trinajstić information content (AvgIpc) is 3.22. The van der Waals surface area contributed by atoms with Crippen LogP contribution in [-0.4, -0.2) is 42.7 Å². The van der Waals surface area contributed by atoms with E-state index in [0.29, 0.717) is 40.8 Å². The van der Waals surface area contributed by atoms with Gasteiger partial charge in [-0.1, -0.05) is 23.7 Å². The second kappa shape index (κ2) is 9.34. The summed E-state index contributed by atoms with van der Waals surface area (Å²) in [6.07, 6.45) is -0.456. The van der Waals surface area contributed by atoms with Crippen LogP contribution in [0.1, 0.15) is 20.7 Å². The number of carbonyl (C=O) groups excluding carboxylic acids is 2. The Morgan fingerprint density at radius 1 is 1.19 bits per heavy atom. The standard InChI is InChI=1S/C17H18ClN3O3S.ClH/c18-13-4-2-1-3-11(13)16(24)21-17-12(5-6-25-17)15(23)20-8-10-7-19-9-14(10)22;/h1-6,10,14,19,22H,7-9H2,(H,20,23)(H,21,24);1H. The molecule has 4 N–H and O–H groups in total. The Morgan fingerprint density at radius 3 is 2.65 bits per heavy atom. The summed E-state index contributed by atoms with van der Waals surface area (Å²) in [5.41, 5.74) is 0.745. The van der Waals surface area contributed by atoms with Crippen LogP contribution in [0, 0.1) is 5.92 Å². The number of rotatable bonds is 5. The minimum absolute atomic E-state index is 0. The van der Waals surface area contributed by atoms with E-state index in [1.807, 2.05) is 0 Å². The van der Waals surface area contributed by atoms with Crippen molar-refractivity contribution in [2.75, 3.05) is 25.0 Å². The predicted molar refractivity (Wildman–Crippen MR) is 106 cm³/mol. The molecule has 2 amide bonds. The predicted octanol–water partition coefficient (Wildman–Crippen LogP) is 2.39. The summed E-state index contributed by atoms with van der Waals surface area (Å²) >= 11 is 7.30. The van der Waals surface area contributed by atoms with Gasteiger partial charge in [0.05, 0.1) is 22.3 Å². The van der Waals surface area contributed by atoms with Crippen LogP contribution >= 0.6 is 35.3 Å². The highest BCUT2D eigenvalue weighted by atomic mass is 35.5. The molecule has 2 atom stereocenters. The molecule has 26 heavy (non-hydrogen) atoms. The number of carbonyl (C=O) groups is 2. The Labute approximate surface area is 166 Å². The molecule has 6 nitrogen and oxygen atoms in total. The molecule has 140 valence electrons. The van der Waals surface area contributed by atoms with Crippen molar-refractivity contribution in [2.24, 2.45) is 5.92 Å². The fraction of sp³-hybridized carbons (Fsp3) is 0.294. The maximum absolute atomic E-state index is 12.4. The smallest absolute Gasteiger partial charge is 0.257 e. The molecule has 1 fully saturated rings. The fourth-order valence-corrected chi connectivity index (χ4v) is 3.65. The van der Waals surface area contributed by atoms with Crippen molar-refractivity contribution >= 4 is 52.2 Å². The Morgan fingerprint density at radius 2 is 1.96 bits per heavy atom. The molecule has 2 unspecified atom stereocenters. The lowest BCUT2D eigenvalue weighted by Gasteiger charge is -2.14. The molecule has 1 saturated heterocycles. The second-order valence-corrected chi connectivity index (χ2v) is 7.12. The van der Waals surface area contributed by atoms with Gasteiger partial charge in [0.1, 0.15) is 5.00 Å². The maximum Gasteiger partial charge on any atom is 0.257 e. The monoisotopic (exact) mass is 415 g/mol. The van der Waals surface area contributed by atoms with E-state index >= 15 is 0 Å². The Bertz CT molecular complexity index is 784.